The van der Waals surface area contributed by atoms with Gasteiger partial charge in [-0.2, -0.15) is 0 Å². The van der Waals surface area contributed by atoms with Gasteiger partial charge < -0.3 is 9.73 Å². The van der Waals surface area contributed by atoms with Gasteiger partial charge in [-0.25, -0.2) is 0 Å². The molecular formula is C14H21NO. The molecule has 1 aromatic heterocycles. The fraction of sp³-hybridized carbons (Fsp3) is 0.714. The minimum absolute atomic E-state index is 0.724. The molecule has 1 aliphatic carbocycles. The van der Waals surface area contributed by atoms with Gasteiger partial charge in [-0.1, -0.05) is 6.92 Å². The fourth-order valence-electron chi connectivity index (χ4n) is 2.79. The molecule has 2 heteroatoms. The summed E-state index contributed by atoms with van der Waals surface area (Å²) in [7, 11) is 0. The van der Waals surface area contributed by atoms with E-state index >= 15 is 0 Å². The topological polar surface area (TPSA) is 25.2 Å². The van der Waals surface area contributed by atoms with Gasteiger partial charge >= 0.3 is 0 Å². The van der Waals surface area contributed by atoms with E-state index in [9.17, 15) is 0 Å². The van der Waals surface area contributed by atoms with E-state index in [0.29, 0.717) is 0 Å². The van der Waals surface area contributed by atoms with Crippen molar-refractivity contribution in [1.29, 1.82) is 0 Å². The maximum absolute atomic E-state index is 5.96. The van der Waals surface area contributed by atoms with E-state index in [1.165, 1.54) is 43.9 Å². The zero-order chi connectivity index (χ0) is 11.0. The van der Waals surface area contributed by atoms with Gasteiger partial charge in [0.25, 0.3) is 0 Å². The van der Waals surface area contributed by atoms with E-state index in [-0.39, 0.29) is 0 Å². The molecule has 1 saturated heterocycles. The monoisotopic (exact) mass is 219 g/mol. The molecule has 1 aromatic rings. The Morgan fingerprint density at radius 2 is 2.06 bits per heavy atom. The highest BCUT2D eigenvalue weighted by atomic mass is 16.3. The van der Waals surface area contributed by atoms with Crippen LogP contribution in [0.3, 0.4) is 0 Å². The molecule has 2 aliphatic rings. The molecule has 0 amide bonds. The molecule has 0 spiro atoms. The predicted octanol–water partition coefficient (Wildman–Crippen LogP) is 2.95. The van der Waals surface area contributed by atoms with Crippen molar-refractivity contribution in [2.24, 2.45) is 11.8 Å². The SMILES string of the molecule is CC1CC1c1ccc(CC2CCNCC2)o1. The summed E-state index contributed by atoms with van der Waals surface area (Å²) in [5.74, 6) is 4.84. The largest absolute Gasteiger partial charge is 0.466 e. The van der Waals surface area contributed by atoms with Crippen LogP contribution in [-0.4, -0.2) is 13.1 Å². The summed E-state index contributed by atoms with van der Waals surface area (Å²) in [6.45, 7) is 4.66. The van der Waals surface area contributed by atoms with Crippen LogP contribution in [0.25, 0.3) is 0 Å². The molecule has 2 unspecified atom stereocenters. The number of rotatable bonds is 3. The van der Waals surface area contributed by atoms with Crippen molar-refractivity contribution in [2.45, 2.75) is 38.5 Å². The molecule has 1 saturated carbocycles. The highest BCUT2D eigenvalue weighted by molar-refractivity contribution is 5.17. The summed E-state index contributed by atoms with van der Waals surface area (Å²) in [5.41, 5.74) is 0. The Balaban J connectivity index is 1.59. The second kappa shape index (κ2) is 4.25. The molecule has 2 nitrogen and oxygen atoms in total. The van der Waals surface area contributed by atoms with Crippen molar-refractivity contribution in [1.82, 2.24) is 5.32 Å². The molecule has 88 valence electrons. The molecule has 2 heterocycles. The highest BCUT2D eigenvalue weighted by Crippen LogP contribution is 2.47. The Bertz CT molecular complexity index is 351. The summed E-state index contributed by atoms with van der Waals surface area (Å²) >= 11 is 0. The second-order valence-corrected chi connectivity index (χ2v) is 5.52. The summed E-state index contributed by atoms with van der Waals surface area (Å²) < 4.78 is 5.96. The lowest BCUT2D eigenvalue weighted by molar-refractivity contribution is 0.341. The van der Waals surface area contributed by atoms with E-state index in [1.54, 1.807) is 0 Å². The molecule has 3 rings (SSSR count). The Morgan fingerprint density at radius 1 is 1.31 bits per heavy atom. The maximum Gasteiger partial charge on any atom is 0.107 e. The third-order valence-corrected chi connectivity index (χ3v) is 4.11. The lowest BCUT2D eigenvalue weighted by Gasteiger charge is -2.21. The first-order valence-corrected chi connectivity index (χ1v) is 6.62. The van der Waals surface area contributed by atoms with Gasteiger partial charge in [0.2, 0.25) is 0 Å². The van der Waals surface area contributed by atoms with Gasteiger partial charge in [0.05, 0.1) is 0 Å². The molecular weight excluding hydrogens is 198 g/mol. The first kappa shape index (κ1) is 10.4. The van der Waals surface area contributed by atoms with Gasteiger partial charge in [-0.05, 0) is 56.3 Å². The summed E-state index contributed by atoms with van der Waals surface area (Å²) in [5, 5.41) is 3.41. The fourth-order valence-corrected chi connectivity index (χ4v) is 2.79. The zero-order valence-electron chi connectivity index (χ0n) is 10.0. The van der Waals surface area contributed by atoms with Gasteiger partial charge in [-0.3, -0.25) is 0 Å². The predicted molar refractivity (Wildman–Crippen MR) is 64.5 cm³/mol. The Hall–Kier alpha value is -0.760. The maximum atomic E-state index is 5.96. The Morgan fingerprint density at radius 3 is 2.75 bits per heavy atom. The van der Waals surface area contributed by atoms with E-state index < -0.39 is 0 Å². The number of furan rings is 1. The normalized spacial score (nSPS) is 30.6. The lowest BCUT2D eigenvalue weighted by Crippen LogP contribution is -2.28. The summed E-state index contributed by atoms with van der Waals surface area (Å²) in [6, 6.07) is 4.40. The molecule has 1 aliphatic heterocycles. The van der Waals surface area contributed by atoms with Gasteiger partial charge in [0.1, 0.15) is 11.5 Å². The minimum atomic E-state index is 0.724. The number of hydrogen-bond donors (Lipinski definition) is 1. The Labute approximate surface area is 97.4 Å². The highest BCUT2D eigenvalue weighted by Gasteiger charge is 2.36. The van der Waals surface area contributed by atoms with Crippen LogP contribution < -0.4 is 5.32 Å². The van der Waals surface area contributed by atoms with E-state index in [1.807, 2.05) is 0 Å². The Kier molecular flexibility index (Phi) is 2.76. The smallest absolute Gasteiger partial charge is 0.107 e. The van der Waals surface area contributed by atoms with Crippen LogP contribution >= 0.6 is 0 Å². The van der Waals surface area contributed by atoms with Gasteiger partial charge in [0.15, 0.2) is 0 Å². The van der Waals surface area contributed by atoms with Crippen molar-refractivity contribution in [3.63, 3.8) is 0 Å². The van der Waals surface area contributed by atoms with E-state index in [2.05, 4.69) is 24.4 Å². The number of hydrogen-bond acceptors (Lipinski definition) is 2. The van der Waals surface area contributed by atoms with Crippen LogP contribution in [0.2, 0.25) is 0 Å². The average molecular weight is 219 g/mol. The second-order valence-electron chi connectivity index (χ2n) is 5.52. The third-order valence-electron chi connectivity index (χ3n) is 4.11. The number of piperidine rings is 1. The summed E-state index contributed by atoms with van der Waals surface area (Å²) in [6.07, 6.45) is 5.06. The van der Waals surface area contributed by atoms with E-state index in [0.717, 1.165) is 24.2 Å². The van der Waals surface area contributed by atoms with Crippen LogP contribution in [0.15, 0.2) is 16.5 Å². The molecule has 2 fully saturated rings. The van der Waals surface area contributed by atoms with Crippen molar-refractivity contribution in [3.05, 3.63) is 23.7 Å². The van der Waals surface area contributed by atoms with Crippen LogP contribution in [-0.2, 0) is 6.42 Å². The standard InChI is InChI=1S/C14H21NO/c1-10-8-13(10)14-3-2-12(16-14)9-11-4-6-15-7-5-11/h2-3,10-11,13,15H,4-9H2,1H3. The first-order chi connectivity index (χ1) is 7.83. The van der Waals surface area contributed by atoms with Gasteiger partial charge in [-0.15, -0.1) is 0 Å². The van der Waals surface area contributed by atoms with Crippen molar-refractivity contribution in [2.75, 3.05) is 13.1 Å². The van der Waals surface area contributed by atoms with Gasteiger partial charge in [0, 0.05) is 12.3 Å². The van der Waals surface area contributed by atoms with Crippen molar-refractivity contribution in [3.8, 4) is 0 Å². The minimum Gasteiger partial charge on any atom is -0.466 e. The van der Waals surface area contributed by atoms with Crippen LogP contribution in [0.4, 0.5) is 0 Å². The third kappa shape index (κ3) is 2.17. The molecule has 0 aromatic carbocycles. The van der Waals surface area contributed by atoms with Crippen molar-refractivity contribution >= 4 is 0 Å². The van der Waals surface area contributed by atoms with Crippen LogP contribution in [0, 0.1) is 11.8 Å². The molecule has 0 radical (unpaired) electrons. The molecule has 1 N–H and O–H groups in total. The number of nitrogens with one attached hydrogen (secondary N) is 1. The quantitative estimate of drug-likeness (QED) is 0.845. The van der Waals surface area contributed by atoms with Crippen LogP contribution in [0.5, 0.6) is 0 Å². The molecule has 0 bridgehead atoms. The molecule has 2 atom stereocenters. The van der Waals surface area contributed by atoms with Crippen molar-refractivity contribution < 1.29 is 4.42 Å². The summed E-state index contributed by atoms with van der Waals surface area (Å²) in [4.78, 5) is 0. The average Bonchev–Trinajstić information content (AvgIpc) is 2.86. The zero-order valence-corrected chi connectivity index (χ0v) is 10.0. The van der Waals surface area contributed by atoms with Crippen LogP contribution in [0.1, 0.15) is 43.6 Å². The molecule has 16 heavy (non-hydrogen) atoms. The lowest BCUT2D eigenvalue weighted by atomic mass is 9.94. The first-order valence-electron chi connectivity index (χ1n) is 6.62. The van der Waals surface area contributed by atoms with E-state index in [4.69, 9.17) is 4.42 Å².